The number of aliphatic hydroxyl groups is 1. The first-order chi connectivity index (χ1) is 11.6. The number of alkyl halides is 3. The van der Waals surface area contributed by atoms with E-state index in [1.54, 1.807) is 4.90 Å². The molecular formula is C17H21F4NO3. The third kappa shape index (κ3) is 4.30. The van der Waals surface area contributed by atoms with Gasteiger partial charge >= 0.3 is 12.1 Å². The highest BCUT2D eigenvalue weighted by Crippen LogP contribution is 2.37. The Bertz CT molecular complexity index is 635. The monoisotopic (exact) mass is 363 g/mol. The maximum atomic E-state index is 13.5. The number of likely N-dealkylation sites (tertiary alicyclic amines) is 1. The molecule has 0 radical (unpaired) electrons. The number of halogens is 4. The lowest BCUT2D eigenvalue weighted by molar-refractivity contribution is -0.164. The number of aliphatic carboxylic acids is 1. The molecule has 1 fully saturated rings. The number of piperidine rings is 1. The van der Waals surface area contributed by atoms with E-state index in [1.807, 2.05) is 6.92 Å². The lowest BCUT2D eigenvalue weighted by Crippen LogP contribution is -2.54. The second kappa shape index (κ2) is 7.29. The first-order valence-corrected chi connectivity index (χ1v) is 8.09. The summed E-state index contributed by atoms with van der Waals surface area (Å²) in [5, 5.41) is 19.8. The van der Waals surface area contributed by atoms with Crippen LogP contribution in [0.5, 0.6) is 0 Å². The summed E-state index contributed by atoms with van der Waals surface area (Å²) < 4.78 is 51.8. The average molecular weight is 363 g/mol. The van der Waals surface area contributed by atoms with Crippen molar-refractivity contribution in [2.45, 2.75) is 45.0 Å². The molecule has 0 spiro atoms. The molecule has 2 rings (SSSR count). The highest BCUT2D eigenvalue weighted by Gasteiger charge is 2.47. The predicted octanol–water partition coefficient (Wildman–Crippen LogP) is 3.28. The van der Waals surface area contributed by atoms with Gasteiger partial charge in [-0.2, -0.15) is 13.2 Å². The van der Waals surface area contributed by atoms with E-state index in [9.17, 15) is 32.6 Å². The number of nitrogens with zero attached hydrogens (tertiary/aromatic N) is 1. The largest absolute Gasteiger partial charge is 0.481 e. The number of rotatable bonds is 5. The molecule has 1 aromatic rings. The normalized spacial score (nSPS) is 25.1. The van der Waals surface area contributed by atoms with E-state index in [0.29, 0.717) is 25.5 Å². The summed E-state index contributed by atoms with van der Waals surface area (Å²) in [4.78, 5) is 13.2. The maximum absolute atomic E-state index is 13.5. The van der Waals surface area contributed by atoms with Crippen molar-refractivity contribution in [2.75, 3.05) is 13.1 Å². The molecule has 1 heterocycles. The van der Waals surface area contributed by atoms with Crippen LogP contribution in [-0.2, 0) is 17.5 Å². The molecule has 2 atom stereocenters. The second-order valence-corrected chi connectivity index (χ2v) is 6.56. The standard InChI is InChI=1S/C17H21F4NO3/c1-2-3-16(15(24)25)4-5-22(10-14(16)23)9-11-6-12(17(19,20)21)8-13(18)7-11/h6-8,14,23H,2-5,9-10H2,1H3,(H,24,25)/t14-,16-/m0/s1. The summed E-state index contributed by atoms with van der Waals surface area (Å²) in [6.45, 7) is 2.17. The zero-order chi connectivity index (χ0) is 18.8. The van der Waals surface area contributed by atoms with Gasteiger partial charge < -0.3 is 10.2 Å². The number of carboxylic acids is 1. The van der Waals surface area contributed by atoms with E-state index in [0.717, 1.165) is 12.1 Å². The number of carboxylic acid groups (broad SMARTS) is 1. The Hall–Kier alpha value is -1.67. The summed E-state index contributed by atoms with van der Waals surface area (Å²) in [5.41, 5.74) is -2.16. The van der Waals surface area contributed by atoms with Crippen molar-refractivity contribution in [3.8, 4) is 0 Å². The molecular weight excluding hydrogens is 342 g/mol. The van der Waals surface area contributed by atoms with Gasteiger partial charge in [-0.25, -0.2) is 4.39 Å². The Morgan fingerprint density at radius 3 is 2.56 bits per heavy atom. The Morgan fingerprint density at radius 2 is 2.04 bits per heavy atom. The quantitative estimate of drug-likeness (QED) is 0.789. The van der Waals surface area contributed by atoms with Crippen LogP contribution >= 0.6 is 0 Å². The zero-order valence-corrected chi connectivity index (χ0v) is 13.8. The molecule has 140 valence electrons. The predicted molar refractivity (Wildman–Crippen MR) is 82.3 cm³/mol. The molecule has 25 heavy (non-hydrogen) atoms. The maximum Gasteiger partial charge on any atom is 0.416 e. The zero-order valence-electron chi connectivity index (χ0n) is 13.8. The smallest absolute Gasteiger partial charge is 0.416 e. The van der Waals surface area contributed by atoms with Crippen molar-refractivity contribution in [2.24, 2.45) is 5.41 Å². The molecule has 1 saturated heterocycles. The number of β-amino-alcohol motifs (C(OH)–C–C–N with tert-alkyl or cyclic N) is 1. The Balaban J connectivity index is 2.14. The summed E-state index contributed by atoms with van der Waals surface area (Å²) in [5.74, 6) is -2.04. The van der Waals surface area contributed by atoms with Crippen LogP contribution in [0, 0.1) is 11.2 Å². The second-order valence-electron chi connectivity index (χ2n) is 6.56. The van der Waals surface area contributed by atoms with E-state index >= 15 is 0 Å². The van der Waals surface area contributed by atoms with Gasteiger partial charge in [0.25, 0.3) is 0 Å². The molecule has 0 bridgehead atoms. The van der Waals surface area contributed by atoms with E-state index in [4.69, 9.17) is 0 Å². The Morgan fingerprint density at radius 1 is 1.36 bits per heavy atom. The molecule has 0 amide bonds. The van der Waals surface area contributed by atoms with Gasteiger partial charge in [-0.05, 0) is 43.1 Å². The summed E-state index contributed by atoms with van der Waals surface area (Å²) in [6.07, 6.45) is -4.65. The van der Waals surface area contributed by atoms with Crippen molar-refractivity contribution >= 4 is 5.97 Å². The first-order valence-electron chi connectivity index (χ1n) is 8.09. The van der Waals surface area contributed by atoms with Gasteiger partial charge in [0, 0.05) is 13.1 Å². The van der Waals surface area contributed by atoms with Gasteiger partial charge in [0.15, 0.2) is 0 Å². The fourth-order valence-corrected chi connectivity index (χ4v) is 3.44. The molecule has 0 saturated carbocycles. The summed E-state index contributed by atoms with van der Waals surface area (Å²) in [6, 6.07) is 2.33. The minimum Gasteiger partial charge on any atom is -0.481 e. The molecule has 0 aliphatic carbocycles. The summed E-state index contributed by atoms with van der Waals surface area (Å²) >= 11 is 0. The molecule has 0 aromatic heterocycles. The molecule has 0 unspecified atom stereocenters. The van der Waals surface area contributed by atoms with Crippen LogP contribution < -0.4 is 0 Å². The third-order valence-electron chi connectivity index (χ3n) is 4.76. The fraction of sp³-hybridized carbons (Fsp3) is 0.588. The number of hydrogen-bond donors (Lipinski definition) is 2. The highest BCUT2D eigenvalue weighted by molar-refractivity contribution is 5.75. The minimum absolute atomic E-state index is 0.0136. The van der Waals surface area contributed by atoms with Crippen LogP contribution in [0.25, 0.3) is 0 Å². The molecule has 2 N–H and O–H groups in total. The van der Waals surface area contributed by atoms with Crippen molar-refractivity contribution < 1.29 is 32.6 Å². The van der Waals surface area contributed by atoms with Gasteiger partial charge in [0.05, 0.1) is 17.1 Å². The van der Waals surface area contributed by atoms with E-state index in [2.05, 4.69) is 0 Å². The SMILES string of the molecule is CCC[C@]1(C(=O)O)CCN(Cc2cc(F)cc(C(F)(F)F)c2)C[C@@H]1O. The summed E-state index contributed by atoms with van der Waals surface area (Å²) in [7, 11) is 0. The van der Waals surface area contributed by atoms with Gasteiger partial charge in [0.2, 0.25) is 0 Å². The van der Waals surface area contributed by atoms with Crippen LogP contribution in [-0.4, -0.2) is 40.3 Å². The van der Waals surface area contributed by atoms with Crippen molar-refractivity contribution in [3.63, 3.8) is 0 Å². The lowest BCUT2D eigenvalue weighted by atomic mass is 9.73. The molecule has 8 heteroatoms. The van der Waals surface area contributed by atoms with Crippen molar-refractivity contribution in [1.82, 2.24) is 4.90 Å². The number of hydrogen-bond acceptors (Lipinski definition) is 3. The number of aliphatic hydroxyl groups excluding tert-OH is 1. The average Bonchev–Trinajstić information content (AvgIpc) is 2.48. The van der Waals surface area contributed by atoms with Crippen LogP contribution in [0.15, 0.2) is 18.2 Å². The fourth-order valence-electron chi connectivity index (χ4n) is 3.44. The van der Waals surface area contributed by atoms with Crippen LogP contribution in [0.1, 0.15) is 37.3 Å². The van der Waals surface area contributed by atoms with E-state index in [1.165, 1.54) is 0 Å². The third-order valence-corrected chi connectivity index (χ3v) is 4.76. The van der Waals surface area contributed by atoms with Crippen molar-refractivity contribution in [1.29, 1.82) is 0 Å². The Labute approximate surface area is 143 Å². The Kier molecular flexibility index (Phi) is 5.73. The number of benzene rings is 1. The lowest BCUT2D eigenvalue weighted by Gasteiger charge is -2.42. The van der Waals surface area contributed by atoms with Crippen molar-refractivity contribution in [3.05, 3.63) is 35.1 Å². The first kappa shape index (κ1) is 19.7. The van der Waals surface area contributed by atoms with Crippen LogP contribution in [0.4, 0.5) is 17.6 Å². The van der Waals surface area contributed by atoms with E-state index in [-0.39, 0.29) is 25.1 Å². The topological polar surface area (TPSA) is 60.8 Å². The molecule has 1 aliphatic heterocycles. The molecule has 4 nitrogen and oxygen atoms in total. The van der Waals surface area contributed by atoms with Gasteiger partial charge in [-0.3, -0.25) is 9.69 Å². The van der Waals surface area contributed by atoms with E-state index < -0.39 is 35.0 Å². The molecule has 1 aromatic carbocycles. The van der Waals surface area contributed by atoms with Gasteiger partial charge in [-0.15, -0.1) is 0 Å². The minimum atomic E-state index is -4.64. The van der Waals surface area contributed by atoms with Crippen LogP contribution in [0.3, 0.4) is 0 Å². The van der Waals surface area contributed by atoms with Crippen LogP contribution in [0.2, 0.25) is 0 Å². The highest BCUT2D eigenvalue weighted by atomic mass is 19.4. The number of carbonyl (C=O) groups is 1. The van der Waals surface area contributed by atoms with Gasteiger partial charge in [-0.1, -0.05) is 13.3 Å². The van der Waals surface area contributed by atoms with Gasteiger partial charge in [0.1, 0.15) is 5.82 Å². The molecule has 1 aliphatic rings.